The molecule has 0 radical (unpaired) electrons. The molecule has 5 heteroatoms. The van der Waals surface area contributed by atoms with Crippen LogP contribution in [0.15, 0.2) is 78.9 Å². The van der Waals surface area contributed by atoms with Gasteiger partial charge in [-0.15, -0.1) is 0 Å². The van der Waals surface area contributed by atoms with Crippen molar-refractivity contribution in [2.75, 3.05) is 6.61 Å². The summed E-state index contributed by atoms with van der Waals surface area (Å²) in [6.45, 7) is 0.606. The minimum atomic E-state index is -0.664. The Hall–Kier alpha value is -2.82. The molecule has 0 amide bonds. The van der Waals surface area contributed by atoms with E-state index >= 15 is 0 Å². The number of aliphatic hydroxyl groups is 1. The zero-order valence-corrected chi connectivity index (χ0v) is 16.1. The number of hydrogen-bond donors (Lipinski definition) is 1. The fourth-order valence-corrected chi connectivity index (χ4v) is 3.36. The maximum atomic E-state index is 10.6. The van der Waals surface area contributed by atoms with Gasteiger partial charge in [0, 0.05) is 11.4 Å². The summed E-state index contributed by atoms with van der Waals surface area (Å²) in [5.74, 6) is 1.61. The Morgan fingerprint density at radius 1 is 0.929 bits per heavy atom. The third-order valence-corrected chi connectivity index (χ3v) is 4.84. The fourth-order valence-electron chi connectivity index (χ4n) is 3.23. The third-order valence-electron chi connectivity index (χ3n) is 4.59. The Morgan fingerprint density at radius 3 is 2.43 bits per heavy atom. The number of imidazole rings is 1. The largest absolute Gasteiger partial charge is 0.491 e. The molecule has 3 aromatic carbocycles. The first-order valence-electron chi connectivity index (χ1n) is 9.23. The second-order valence-electron chi connectivity index (χ2n) is 6.71. The summed E-state index contributed by atoms with van der Waals surface area (Å²) in [7, 11) is 0. The number of aliphatic hydroxyl groups excluding tert-OH is 1. The van der Waals surface area contributed by atoms with Crippen LogP contribution in [0, 0.1) is 0 Å². The van der Waals surface area contributed by atoms with Gasteiger partial charge >= 0.3 is 0 Å². The summed E-state index contributed by atoms with van der Waals surface area (Å²) < 4.78 is 7.78. The summed E-state index contributed by atoms with van der Waals surface area (Å²) >= 11 is 5.89. The van der Waals surface area contributed by atoms with Crippen molar-refractivity contribution in [1.82, 2.24) is 9.55 Å². The average Bonchev–Trinajstić information content (AvgIpc) is 3.05. The molecule has 4 rings (SSSR count). The number of nitrogens with zero attached hydrogens (tertiary/aromatic N) is 2. The van der Waals surface area contributed by atoms with Gasteiger partial charge in [0.2, 0.25) is 0 Å². The van der Waals surface area contributed by atoms with Crippen molar-refractivity contribution in [2.24, 2.45) is 0 Å². The molecule has 0 bridgehead atoms. The maximum Gasteiger partial charge on any atom is 0.119 e. The first-order chi connectivity index (χ1) is 13.7. The van der Waals surface area contributed by atoms with Crippen LogP contribution in [0.1, 0.15) is 11.4 Å². The molecular formula is C23H21ClN2O2. The van der Waals surface area contributed by atoms with E-state index in [4.69, 9.17) is 21.3 Å². The zero-order valence-electron chi connectivity index (χ0n) is 15.3. The number of benzene rings is 3. The highest BCUT2D eigenvalue weighted by molar-refractivity contribution is 6.30. The molecule has 0 saturated heterocycles. The van der Waals surface area contributed by atoms with Gasteiger partial charge in [0.1, 0.15) is 24.3 Å². The Labute approximate surface area is 169 Å². The van der Waals surface area contributed by atoms with Crippen LogP contribution in [0.3, 0.4) is 0 Å². The zero-order chi connectivity index (χ0) is 19.3. The summed E-state index contributed by atoms with van der Waals surface area (Å²) in [5, 5.41) is 11.2. The lowest BCUT2D eigenvalue weighted by molar-refractivity contribution is 0.0928. The van der Waals surface area contributed by atoms with Gasteiger partial charge in [-0.2, -0.15) is 0 Å². The lowest BCUT2D eigenvalue weighted by Gasteiger charge is -2.16. The smallest absolute Gasteiger partial charge is 0.119 e. The lowest BCUT2D eigenvalue weighted by atomic mass is 10.1. The molecular weight excluding hydrogens is 372 g/mol. The molecule has 1 heterocycles. The molecule has 0 unspecified atom stereocenters. The SMILES string of the molecule is O[C@@H](COc1ccc(Cl)cc1)Cn1c(Cc2ccccc2)nc2ccccc21. The lowest BCUT2D eigenvalue weighted by Crippen LogP contribution is -2.24. The van der Waals surface area contributed by atoms with Crippen LogP contribution < -0.4 is 4.74 Å². The van der Waals surface area contributed by atoms with Gasteiger partial charge in [0.25, 0.3) is 0 Å². The van der Waals surface area contributed by atoms with E-state index in [1.54, 1.807) is 24.3 Å². The van der Waals surface area contributed by atoms with E-state index in [1.807, 2.05) is 42.5 Å². The van der Waals surface area contributed by atoms with E-state index in [1.165, 1.54) is 5.56 Å². The molecule has 0 saturated carbocycles. The molecule has 28 heavy (non-hydrogen) atoms. The molecule has 0 aliphatic rings. The summed E-state index contributed by atoms with van der Waals surface area (Å²) in [6.07, 6.45) is 0.0445. The summed E-state index contributed by atoms with van der Waals surface area (Å²) in [6, 6.07) is 25.3. The highest BCUT2D eigenvalue weighted by Crippen LogP contribution is 2.20. The second-order valence-corrected chi connectivity index (χ2v) is 7.14. The van der Waals surface area contributed by atoms with Gasteiger partial charge in [0.15, 0.2) is 0 Å². The summed E-state index contributed by atoms with van der Waals surface area (Å²) in [4.78, 5) is 4.79. The van der Waals surface area contributed by atoms with E-state index < -0.39 is 6.10 Å². The molecule has 4 nitrogen and oxygen atoms in total. The number of hydrogen-bond acceptors (Lipinski definition) is 3. The van der Waals surface area contributed by atoms with Crippen LogP contribution in [0.4, 0.5) is 0 Å². The number of fused-ring (bicyclic) bond motifs is 1. The van der Waals surface area contributed by atoms with Gasteiger partial charge in [-0.3, -0.25) is 0 Å². The van der Waals surface area contributed by atoms with Crippen LogP contribution in [-0.4, -0.2) is 27.4 Å². The summed E-state index contributed by atoms with van der Waals surface area (Å²) in [5.41, 5.74) is 3.13. The average molecular weight is 393 g/mol. The molecule has 1 N–H and O–H groups in total. The van der Waals surface area contributed by atoms with Crippen LogP contribution in [0.2, 0.25) is 5.02 Å². The van der Waals surface area contributed by atoms with Crippen molar-refractivity contribution < 1.29 is 9.84 Å². The quantitative estimate of drug-likeness (QED) is 0.495. The van der Waals surface area contributed by atoms with Crippen LogP contribution in [-0.2, 0) is 13.0 Å². The highest BCUT2D eigenvalue weighted by atomic mass is 35.5. The molecule has 1 atom stereocenters. The molecule has 1 aromatic heterocycles. The van der Waals surface area contributed by atoms with Crippen molar-refractivity contribution in [3.8, 4) is 5.75 Å². The standard InChI is InChI=1S/C23H21ClN2O2/c24-18-10-12-20(13-11-18)28-16-19(27)15-26-22-9-5-4-8-21(22)25-23(26)14-17-6-2-1-3-7-17/h1-13,19,27H,14-16H2/t19-/m1/s1. The second kappa shape index (κ2) is 8.46. The van der Waals surface area contributed by atoms with Gasteiger partial charge in [-0.25, -0.2) is 4.98 Å². The van der Waals surface area contributed by atoms with Gasteiger partial charge in [-0.1, -0.05) is 54.1 Å². The van der Waals surface area contributed by atoms with E-state index in [0.717, 1.165) is 16.9 Å². The van der Waals surface area contributed by atoms with Crippen molar-refractivity contribution >= 4 is 22.6 Å². The van der Waals surface area contributed by atoms with Crippen molar-refractivity contribution in [1.29, 1.82) is 0 Å². The van der Waals surface area contributed by atoms with Crippen molar-refractivity contribution in [2.45, 2.75) is 19.1 Å². The van der Waals surface area contributed by atoms with Gasteiger partial charge in [-0.05, 0) is 42.0 Å². The monoisotopic (exact) mass is 392 g/mol. The van der Waals surface area contributed by atoms with Crippen molar-refractivity contribution in [3.05, 3.63) is 95.3 Å². The number of halogens is 1. The highest BCUT2D eigenvalue weighted by Gasteiger charge is 2.15. The third kappa shape index (κ3) is 4.35. The van der Waals surface area contributed by atoms with Gasteiger partial charge < -0.3 is 14.4 Å². The predicted octanol–water partition coefficient (Wildman–Crippen LogP) is 4.72. The van der Waals surface area contributed by atoms with Gasteiger partial charge in [0.05, 0.1) is 17.6 Å². The van der Waals surface area contributed by atoms with E-state index in [0.29, 0.717) is 23.7 Å². The molecule has 4 aromatic rings. The topological polar surface area (TPSA) is 47.3 Å². The minimum absolute atomic E-state index is 0.193. The Balaban J connectivity index is 1.52. The van der Waals surface area contributed by atoms with E-state index in [2.05, 4.69) is 16.7 Å². The molecule has 0 spiro atoms. The Bertz CT molecular complexity index is 1050. The molecule has 0 aliphatic carbocycles. The van der Waals surface area contributed by atoms with Crippen molar-refractivity contribution in [3.63, 3.8) is 0 Å². The molecule has 0 aliphatic heterocycles. The van der Waals surface area contributed by atoms with Crippen LogP contribution >= 0.6 is 11.6 Å². The molecule has 0 fully saturated rings. The van der Waals surface area contributed by atoms with Crippen LogP contribution in [0.25, 0.3) is 11.0 Å². The molecule has 142 valence electrons. The first-order valence-corrected chi connectivity index (χ1v) is 9.61. The number of rotatable bonds is 7. The van der Waals surface area contributed by atoms with Crippen LogP contribution in [0.5, 0.6) is 5.75 Å². The van der Waals surface area contributed by atoms with E-state index in [9.17, 15) is 5.11 Å². The minimum Gasteiger partial charge on any atom is -0.491 e. The first kappa shape index (κ1) is 18.5. The normalized spacial score (nSPS) is 12.2. The maximum absolute atomic E-state index is 10.6. The van der Waals surface area contributed by atoms with E-state index in [-0.39, 0.29) is 6.61 Å². The fraction of sp³-hybridized carbons (Fsp3) is 0.174. The number of ether oxygens (including phenoxy) is 1. The number of para-hydroxylation sites is 2. The predicted molar refractivity (Wildman–Crippen MR) is 112 cm³/mol. The number of aromatic nitrogens is 2. The Kier molecular flexibility index (Phi) is 5.60. The Morgan fingerprint density at radius 2 is 1.64 bits per heavy atom.